The Morgan fingerprint density at radius 1 is 1.15 bits per heavy atom. The molecule has 1 saturated carbocycles. The van der Waals surface area contributed by atoms with Crippen LogP contribution in [-0.4, -0.2) is 12.1 Å². The minimum absolute atomic E-state index is 0.195. The van der Waals surface area contributed by atoms with E-state index in [2.05, 4.69) is 56.4 Å². The molecule has 1 aromatic rings. The molecular weight excluding hydrogens is 242 g/mol. The zero-order valence-corrected chi connectivity index (χ0v) is 13.1. The molecule has 0 bridgehead atoms. The van der Waals surface area contributed by atoms with E-state index in [1.165, 1.54) is 37.7 Å². The van der Waals surface area contributed by atoms with Gasteiger partial charge in [-0.05, 0) is 62.1 Å². The summed E-state index contributed by atoms with van der Waals surface area (Å²) in [6, 6.07) is 9.11. The van der Waals surface area contributed by atoms with Crippen molar-refractivity contribution in [3.63, 3.8) is 0 Å². The maximum Gasteiger partial charge on any atom is 0.0145 e. The van der Waals surface area contributed by atoms with Gasteiger partial charge < -0.3 is 5.32 Å². The van der Waals surface area contributed by atoms with Gasteiger partial charge >= 0.3 is 0 Å². The van der Waals surface area contributed by atoms with Gasteiger partial charge in [0, 0.05) is 12.1 Å². The Hall–Kier alpha value is -1.08. The van der Waals surface area contributed by atoms with E-state index >= 15 is 0 Å². The first kappa shape index (κ1) is 13.9. The van der Waals surface area contributed by atoms with Crippen LogP contribution in [0.25, 0.3) is 5.57 Å². The minimum atomic E-state index is 0.195. The van der Waals surface area contributed by atoms with Crippen LogP contribution in [0.2, 0.25) is 0 Å². The van der Waals surface area contributed by atoms with Gasteiger partial charge in [0.25, 0.3) is 0 Å². The predicted octanol–water partition coefficient (Wildman–Crippen LogP) is 4.67. The molecule has 1 spiro atoms. The lowest BCUT2D eigenvalue weighted by Gasteiger charge is -2.23. The fourth-order valence-electron chi connectivity index (χ4n) is 3.94. The largest absolute Gasteiger partial charge is 0.309 e. The summed E-state index contributed by atoms with van der Waals surface area (Å²) in [6.45, 7) is 7.66. The summed E-state index contributed by atoms with van der Waals surface area (Å²) in [5.74, 6) is 0. The molecule has 2 aliphatic carbocycles. The number of allylic oxidation sites excluding steroid dienone is 1. The second kappa shape index (κ2) is 5.04. The lowest BCUT2D eigenvalue weighted by atomic mass is 9.80. The molecule has 2 aliphatic rings. The smallest absolute Gasteiger partial charge is 0.0145 e. The molecule has 1 fully saturated rings. The first-order valence-electron chi connectivity index (χ1n) is 8.04. The summed E-state index contributed by atoms with van der Waals surface area (Å²) in [5, 5.41) is 3.58. The average molecular weight is 269 g/mol. The van der Waals surface area contributed by atoms with E-state index < -0.39 is 0 Å². The van der Waals surface area contributed by atoms with Crippen LogP contribution in [0.15, 0.2) is 30.3 Å². The summed E-state index contributed by atoms with van der Waals surface area (Å²) in [7, 11) is 0. The van der Waals surface area contributed by atoms with Crippen molar-refractivity contribution in [2.75, 3.05) is 6.54 Å². The Labute approximate surface area is 123 Å². The van der Waals surface area contributed by atoms with Crippen molar-refractivity contribution in [2.24, 2.45) is 0 Å². The number of rotatable bonds is 2. The van der Waals surface area contributed by atoms with E-state index in [4.69, 9.17) is 0 Å². The molecular formula is C19H27N. The number of nitrogens with one attached hydrogen (secondary N) is 1. The Balaban J connectivity index is 1.86. The number of hydrogen-bond acceptors (Lipinski definition) is 1. The van der Waals surface area contributed by atoms with Crippen molar-refractivity contribution in [3.8, 4) is 0 Å². The standard InChI is InChI=1S/C19H27N/c1-18(2,3)20-13-10-15-14-19(11-6-7-12-19)17-9-5-4-8-16(15)17/h4-5,8-10,20H,6-7,11-14H2,1-3H3. The molecule has 1 nitrogen and oxygen atoms in total. The molecule has 108 valence electrons. The summed E-state index contributed by atoms with van der Waals surface area (Å²) in [4.78, 5) is 0. The lowest BCUT2D eigenvalue weighted by molar-refractivity contribution is 0.448. The van der Waals surface area contributed by atoms with Crippen LogP contribution in [0.1, 0.15) is 64.0 Å². The van der Waals surface area contributed by atoms with Crippen LogP contribution in [0.3, 0.4) is 0 Å². The maximum absolute atomic E-state index is 3.58. The highest BCUT2D eigenvalue weighted by Gasteiger charge is 2.42. The van der Waals surface area contributed by atoms with Gasteiger partial charge in [-0.2, -0.15) is 0 Å². The third kappa shape index (κ3) is 2.56. The number of hydrogen-bond donors (Lipinski definition) is 1. The monoisotopic (exact) mass is 269 g/mol. The maximum atomic E-state index is 3.58. The van der Waals surface area contributed by atoms with Crippen molar-refractivity contribution in [2.45, 2.75) is 63.8 Å². The quantitative estimate of drug-likeness (QED) is 0.822. The minimum Gasteiger partial charge on any atom is -0.309 e. The molecule has 3 rings (SSSR count). The van der Waals surface area contributed by atoms with Gasteiger partial charge in [-0.1, -0.05) is 43.2 Å². The Bertz CT molecular complexity index is 513. The predicted molar refractivity (Wildman–Crippen MR) is 86.9 cm³/mol. The highest BCUT2D eigenvalue weighted by atomic mass is 14.9. The lowest BCUT2D eigenvalue weighted by Crippen LogP contribution is -2.35. The van der Waals surface area contributed by atoms with Crippen LogP contribution in [0.4, 0.5) is 0 Å². The van der Waals surface area contributed by atoms with Gasteiger partial charge in [-0.15, -0.1) is 0 Å². The van der Waals surface area contributed by atoms with E-state index in [-0.39, 0.29) is 5.54 Å². The van der Waals surface area contributed by atoms with E-state index in [0.717, 1.165) is 6.54 Å². The van der Waals surface area contributed by atoms with E-state index in [1.807, 2.05) is 0 Å². The molecule has 0 saturated heterocycles. The van der Waals surface area contributed by atoms with E-state index in [0.29, 0.717) is 5.41 Å². The Morgan fingerprint density at radius 3 is 2.55 bits per heavy atom. The van der Waals surface area contributed by atoms with Crippen LogP contribution >= 0.6 is 0 Å². The highest BCUT2D eigenvalue weighted by Crippen LogP contribution is 2.54. The number of benzene rings is 1. The fourth-order valence-corrected chi connectivity index (χ4v) is 3.94. The third-order valence-corrected chi connectivity index (χ3v) is 4.91. The topological polar surface area (TPSA) is 12.0 Å². The molecule has 0 unspecified atom stereocenters. The van der Waals surface area contributed by atoms with Gasteiger partial charge in [-0.3, -0.25) is 0 Å². The molecule has 0 radical (unpaired) electrons. The van der Waals surface area contributed by atoms with Crippen LogP contribution in [-0.2, 0) is 5.41 Å². The molecule has 0 heterocycles. The summed E-state index contributed by atoms with van der Waals surface area (Å²) < 4.78 is 0. The second-order valence-corrected chi connectivity index (χ2v) is 7.57. The third-order valence-electron chi connectivity index (χ3n) is 4.91. The molecule has 20 heavy (non-hydrogen) atoms. The highest BCUT2D eigenvalue weighted by molar-refractivity contribution is 5.76. The Morgan fingerprint density at radius 2 is 1.85 bits per heavy atom. The Kier molecular flexibility index (Phi) is 3.50. The molecule has 0 amide bonds. The number of fused-ring (bicyclic) bond motifs is 2. The molecule has 1 heteroatoms. The van der Waals surface area contributed by atoms with Crippen LogP contribution in [0, 0.1) is 0 Å². The van der Waals surface area contributed by atoms with Crippen molar-refractivity contribution in [1.82, 2.24) is 5.32 Å². The first-order valence-corrected chi connectivity index (χ1v) is 8.04. The normalized spacial score (nSPS) is 22.6. The molecule has 0 aliphatic heterocycles. The van der Waals surface area contributed by atoms with Gasteiger partial charge in [0.05, 0.1) is 0 Å². The molecule has 1 aromatic carbocycles. The molecule has 1 N–H and O–H groups in total. The van der Waals surface area contributed by atoms with Crippen LogP contribution < -0.4 is 5.32 Å². The van der Waals surface area contributed by atoms with Crippen LogP contribution in [0.5, 0.6) is 0 Å². The first-order chi connectivity index (χ1) is 9.50. The van der Waals surface area contributed by atoms with Gasteiger partial charge in [0.15, 0.2) is 0 Å². The van der Waals surface area contributed by atoms with Crippen molar-refractivity contribution in [3.05, 3.63) is 41.5 Å². The molecule has 0 aromatic heterocycles. The van der Waals surface area contributed by atoms with Crippen molar-refractivity contribution >= 4 is 5.57 Å². The zero-order chi connectivity index (χ0) is 14.2. The summed E-state index contributed by atoms with van der Waals surface area (Å²) in [5.41, 5.74) is 5.38. The van der Waals surface area contributed by atoms with Gasteiger partial charge in [0.2, 0.25) is 0 Å². The average Bonchev–Trinajstić information content (AvgIpc) is 2.97. The second-order valence-electron chi connectivity index (χ2n) is 7.57. The SMILES string of the molecule is CC(C)(C)NCC=C1CC2(CCCC2)c2ccccc21. The van der Waals surface area contributed by atoms with Crippen molar-refractivity contribution < 1.29 is 0 Å². The van der Waals surface area contributed by atoms with E-state index in [1.54, 1.807) is 11.1 Å². The summed E-state index contributed by atoms with van der Waals surface area (Å²) >= 11 is 0. The fraction of sp³-hybridized carbons (Fsp3) is 0.579. The molecule has 0 atom stereocenters. The van der Waals surface area contributed by atoms with Crippen molar-refractivity contribution in [1.29, 1.82) is 0 Å². The van der Waals surface area contributed by atoms with Gasteiger partial charge in [0.1, 0.15) is 0 Å². The van der Waals surface area contributed by atoms with E-state index in [9.17, 15) is 0 Å². The zero-order valence-electron chi connectivity index (χ0n) is 13.1. The summed E-state index contributed by atoms with van der Waals surface area (Å²) in [6.07, 6.45) is 9.27. The van der Waals surface area contributed by atoms with Gasteiger partial charge in [-0.25, -0.2) is 0 Å².